The van der Waals surface area contributed by atoms with Crippen LogP contribution in [0.5, 0.6) is 34.5 Å². The molecule has 0 aromatic heterocycles. The lowest BCUT2D eigenvalue weighted by atomic mass is 10.2. The molecule has 0 radical (unpaired) electrons. The maximum Gasteiger partial charge on any atom is 0.255 e. The Morgan fingerprint density at radius 1 is 0.700 bits per heavy atom. The molecule has 164 valence electrons. The third-order valence-corrected chi connectivity index (χ3v) is 5.08. The monoisotopic (exact) mass is 439 g/mol. The molecule has 0 saturated carbocycles. The van der Waals surface area contributed by atoms with E-state index in [0.29, 0.717) is 28.6 Å². The molecule has 0 atom stereocenters. The van der Waals surface area contributed by atoms with Crippen molar-refractivity contribution < 1.29 is 36.8 Å². The molecule has 0 unspecified atom stereocenters. The number of hydrogen-bond acceptors (Lipinski definition) is 8. The molecule has 0 fully saturated rings. The van der Waals surface area contributed by atoms with Gasteiger partial charge in [-0.15, -0.1) is 0 Å². The number of benzene rings is 2. The van der Waals surface area contributed by atoms with E-state index in [9.17, 15) is 8.42 Å². The van der Waals surface area contributed by atoms with Crippen LogP contribution in [0.15, 0.2) is 29.7 Å². The highest BCUT2D eigenvalue weighted by Crippen LogP contribution is 2.43. The van der Waals surface area contributed by atoms with Crippen molar-refractivity contribution in [2.24, 2.45) is 0 Å². The van der Waals surface area contributed by atoms with Gasteiger partial charge in [-0.1, -0.05) is 0 Å². The molecule has 1 N–H and O–H groups in total. The van der Waals surface area contributed by atoms with Crippen LogP contribution in [0.4, 0.5) is 5.69 Å². The van der Waals surface area contributed by atoms with Crippen LogP contribution in [0, 0.1) is 0 Å². The minimum absolute atomic E-state index is 0.196. The predicted molar refractivity (Wildman–Crippen MR) is 114 cm³/mol. The molecule has 2 aromatic rings. The normalized spacial score (nSPS) is 11.1. The summed E-state index contributed by atoms with van der Waals surface area (Å²) in [4.78, 5) is 0. The Balaban J connectivity index is 2.37. The summed E-state index contributed by atoms with van der Waals surface area (Å²) in [5.41, 5.74) is 0.735. The molecule has 0 aliphatic rings. The van der Waals surface area contributed by atoms with E-state index in [0.717, 1.165) is 5.41 Å². The summed E-state index contributed by atoms with van der Waals surface area (Å²) in [5, 5.41) is 1.02. The van der Waals surface area contributed by atoms with E-state index in [1.165, 1.54) is 54.8 Å². The van der Waals surface area contributed by atoms with E-state index in [4.69, 9.17) is 28.4 Å². The number of rotatable bonds is 10. The van der Waals surface area contributed by atoms with Crippen LogP contribution in [-0.2, 0) is 10.0 Å². The second-order valence-electron chi connectivity index (χ2n) is 5.79. The first kappa shape index (κ1) is 23.0. The molecule has 30 heavy (non-hydrogen) atoms. The largest absolute Gasteiger partial charge is 0.493 e. The van der Waals surface area contributed by atoms with Crippen LogP contribution in [0.2, 0.25) is 0 Å². The van der Waals surface area contributed by atoms with Crippen molar-refractivity contribution in [1.82, 2.24) is 0 Å². The van der Waals surface area contributed by atoms with Gasteiger partial charge in [0.2, 0.25) is 11.5 Å². The number of anilines is 1. The van der Waals surface area contributed by atoms with Gasteiger partial charge in [0.1, 0.15) is 0 Å². The van der Waals surface area contributed by atoms with Gasteiger partial charge in [0, 0.05) is 0 Å². The first-order valence-electron chi connectivity index (χ1n) is 8.63. The van der Waals surface area contributed by atoms with Crippen molar-refractivity contribution in [3.8, 4) is 34.5 Å². The molecular weight excluding hydrogens is 414 g/mol. The molecule has 0 bridgehead atoms. The summed E-state index contributed by atoms with van der Waals surface area (Å²) in [6.45, 7) is 0. The van der Waals surface area contributed by atoms with E-state index in [1.807, 2.05) is 0 Å². The van der Waals surface area contributed by atoms with Crippen LogP contribution >= 0.6 is 0 Å². The lowest BCUT2D eigenvalue weighted by Gasteiger charge is -2.16. The van der Waals surface area contributed by atoms with E-state index >= 15 is 0 Å². The van der Waals surface area contributed by atoms with Crippen molar-refractivity contribution in [2.45, 2.75) is 0 Å². The van der Waals surface area contributed by atoms with Crippen molar-refractivity contribution in [1.29, 1.82) is 0 Å². The average molecular weight is 439 g/mol. The van der Waals surface area contributed by atoms with Crippen LogP contribution in [0.25, 0.3) is 6.08 Å². The highest BCUT2D eigenvalue weighted by atomic mass is 32.2. The van der Waals surface area contributed by atoms with Gasteiger partial charge >= 0.3 is 0 Å². The van der Waals surface area contributed by atoms with Gasteiger partial charge in [-0.2, -0.15) is 0 Å². The zero-order valence-corrected chi connectivity index (χ0v) is 18.5. The fraction of sp³-hybridized carbons (Fsp3) is 0.300. The number of sulfonamides is 1. The Kier molecular flexibility index (Phi) is 7.65. The zero-order valence-electron chi connectivity index (χ0n) is 17.6. The lowest BCUT2D eigenvalue weighted by Crippen LogP contribution is -2.10. The highest BCUT2D eigenvalue weighted by Gasteiger charge is 2.19. The van der Waals surface area contributed by atoms with Gasteiger partial charge in [-0.05, 0) is 35.9 Å². The topological polar surface area (TPSA) is 102 Å². The third kappa shape index (κ3) is 5.01. The highest BCUT2D eigenvalue weighted by molar-refractivity contribution is 7.95. The minimum atomic E-state index is -3.88. The number of methoxy groups -OCH3 is 6. The number of nitrogens with one attached hydrogen (secondary N) is 1. The van der Waals surface area contributed by atoms with E-state index < -0.39 is 10.0 Å². The average Bonchev–Trinajstić information content (AvgIpc) is 2.76. The molecule has 0 saturated heterocycles. The Morgan fingerprint density at radius 3 is 1.70 bits per heavy atom. The van der Waals surface area contributed by atoms with Gasteiger partial charge in [-0.3, -0.25) is 4.72 Å². The molecule has 0 aliphatic carbocycles. The summed E-state index contributed by atoms with van der Waals surface area (Å²) in [7, 11) is 4.87. The lowest BCUT2D eigenvalue weighted by molar-refractivity contribution is 0.324. The van der Waals surface area contributed by atoms with Crippen molar-refractivity contribution in [2.75, 3.05) is 47.4 Å². The Morgan fingerprint density at radius 2 is 1.23 bits per heavy atom. The van der Waals surface area contributed by atoms with E-state index in [1.54, 1.807) is 18.2 Å². The molecule has 0 amide bonds. The Hall–Kier alpha value is -3.27. The van der Waals surface area contributed by atoms with E-state index in [2.05, 4.69) is 4.72 Å². The molecule has 0 spiro atoms. The van der Waals surface area contributed by atoms with Crippen molar-refractivity contribution in [3.05, 3.63) is 35.2 Å². The van der Waals surface area contributed by atoms with Crippen LogP contribution in [0.1, 0.15) is 5.56 Å². The second kappa shape index (κ2) is 9.97. The molecule has 0 heterocycles. The quantitative estimate of drug-likeness (QED) is 0.602. The standard InChI is InChI=1S/C20H25NO8S/c1-24-15-8-7-14(18(27-4)20(15)29-6)21-30(22,23)10-9-13-11-16(25-2)19(28-5)17(12-13)26-3/h7-12,21H,1-6H3. The van der Waals surface area contributed by atoms with Crippen LogP contribution in [-0.4, -0.2) is 51.1 Å². The first-order valence-corrected chi connectivity index (χ1v) is 10.2. The smallest absolute Gasteiger partial charge is 0.255 e. The van der Waals surface area contributed by atoms with Crippen molar-refractivity contribution >= 4 is 21.8 Å². The molecular formula is C20H25NO8S. The molecule has 2 aromatic carbocycles. The first-order chi connectivity index (χ1) is 14.3. The third-order valence-electron chi connectivity index (χ3n) is 4.08. The summed E-state index contributed by atoms with van der Waals surface area (Å²) in [6, 6.07) is 6.35. The fourth-order valence-electron chi connectivity index (χ4n) is 2.73. The minimum Gasteiger partial charge on any atom is -0.493 e. The van der Waals surface area contributed by atoms with Gasteiger partial charge < -0.3 is 28.4 Å². The summed E-state index contributed by atoms with van der Waals surface area (Å²) in [6.07, 6.45) is 1.40. The predicted octanol–water partition coefficient (Wildman–Crippen LogP) is 3.15. The molecule has 0 aliphatic heterocycles. The van der Waals surface area contributed by atoms with Crippen LogP contribution in [0.3, 0.4) is 0 Å². The van der Waals surface area contributed by atoms with E-state index in [-0.39, 0.29) is 17.2 Å². The number of hydrogen-bond donors (Lipinski definition) is 1. The van der Waals surface area contributed by atoms with Gasteiger partial charge in [0.05, 0.1) is 53.8 Å². The van der Waals surface area contributed by atoms with Crippen molar-refractivity contribution in [3.63, 3.8) is 0 Å². The Labute approximate surface area is 176 Å². The zero-order chi connectivity index (χ0) is 22.3. The summed E-state index contributed by atoms with van der Waals surface area (Å²) in [5.74, 6) is 2.10. The summed E-state index contributed by atoms with van der Waals surface area (Å²) < 4.78 is 59.3. The Bertz CT molecular complexity index is 993. The molecule has 2 rings (SSSR count). The fourth-order valence-corrected chi connectivity index (χ4v) is 3.61. The van der Waals surface area contributed by atoms with Gasteiger partial charge in [0.15, 0.2) is 23.0 Å². The maximum atomic E-state index is 12.6. The maximum absolute atomic E-state index is 12.6. The van der Waals surface area contributed by atoms with Gasteiger partial charge in [0.25, 0.3) is 10.0 Å². The SMILES string of the molecule is COc1cc(C=CS(=O)(=O)Nc2ccc(OC)c(OC)c2OC)cc(OC)c1OC. The number of ether oxygens (including phenoxy) is 6. The molecule has 10 heteroatoms. The summed E-state index contributed by atoms with van der Waals surface area (Å²) >= 11 is 0. The molecule has 9 nitrogen and oxygen atoms in total. The van der Waals surface area contributed by atoms with Crippen LogP contribution < -0.4 is 33.1 Å². The second-order valence-corrected chi connectivity index (χ2v) is 7.36. The van der Waals surface area contributed by atoms with Gasteiger partial charge in [-0.25, -0.2) is 8.42 Å².